The van der Waals surface area contributed by atoms with Crippen LogP contribution in [-0.4, -0.2) is 34.3 Å². The number of nitrogens with zero attached hydrogens (tertiary/aromatic N) is 2. The van der Waals surface area contributed by atoms with Crippen molar-refractivity contribution in [1.29, 1.82) is 0 Å². The second-order valence-electron chi connectivity index (χ2n) is 7.06. The van der Waals surface area contributed by atoms with Crippen molar-refractivity contribution in [2.24, 2.45) is 0 Å². The van der Waals surface area contributed by atoms with Crippen LogP contribution in [0.4, 0.5) is 10.2 Å². The second kappa shape index (κ2) is 8.84. The highest BCUT2D eigenvalue weighted by Crippen LogP contribution is 2.38. The van der Waals surface area contributed by atoms with Crippen LogP contribution in [0, 0.1) is 5.82 Å². The van der Waals surface area contributed by atoms with E-state index in [2.05, 4.69) is 5.32 Å². The Bertz CT molecular complexity index is 1020. The molecule has 0 saturated heterocycles. The Morgan fingerprint density at radius 2 is 2.00 bits per heavy atom. The average molecular weight is 415 g/mol. The third-order valence-electron chi connectivity index (χ3n) is 4.93. The first kappa shape index (κ1) is 19.7. The standard InChI is InChI=1S/C21H22FN3O3S/c22-14-7-5-13(6-8-14)11-23-20-19-15-3-1-2-4-16(15)29-21(19)25-17(24-20)9-10-28-12-18(26)27/h5-8H,1-4,9-12H2,(H,26,27)(H,23,24,25). The second-order valence-corrected chi connectivity index (χ2v) is 8.14. The zero-order valence-corrected chi connectivity index (χ0v) is 16.7. The third-order valence-corrected chi connectivity index (χ3v) is 6.12. The SMILES string of the molecule is O=C(O)COCCc1nc(NCc2ccc(F)cc2)c2c3c(sc2n1)CCCC3. The number of aryl methyl sites for hydroxylation is 2. The number of fused-ring (bicyclic) bond motifs is 3. The highest BCUT2D eigenvalue weighted by molar-refractivity contribution is 7.19. The van der Waals surface area contributed by atoms with Gasteiger partial charge in [0, 0.05) is 17.8 Å². The molecule has 3 aromatic rings. The third kappa shape index (κ3) is 4.71. The first-order chi connectivity index (χ1) is 14.1. The number of halogens is 1. The summed E-state index contributed by atoms with van der Waals surface area (Å²) < 4.78 is 18.3. The normalized spacial score (nSPS) is 13.4. The summed E-state index contributed by atoms with van der Waals surface area (Å²) in [4.78, 5) is 22.4. The van der Waals surface area contributed by atoms with Gasteiger partial charge in [0.15, 0.2) is 0 Å². The van der Waals surface area contributed by atoms with Gasteiger partial charge in [0.05, 0.1) is 12.0 Å². The van der Waals surface area contributed by atoms with E-state index in [-0.39, 0.29) is 19.0 Å². The molecule has 4 rings (SSSR count). The lowest BCUT2D eigenvalue weighted by Crippen LogP contribution is -2.11. The van der Waals surface area contributed by atoms with Crippen molar-refractivity contribution in [3.63, 3.8) is 0 Å². The van der Waals surface area contributed by atoms with Gasteiger partial charge in [-0.3, -0.25) is 0 Å². The van der Waals surface area contributed by atoms with Gasteiger partial charge < -0.3 is 15.2 Å². The van der Waals surface area contributed by atoms with Crippen LogP contribution in [0.25, 0.3) is 10.2 Å². The maximum Gasteiger partial charge on any atom is 0.329 e. The minimum Gasteiger partial charge on any atom is -0.480 e. The van der Waals surface area contributed by atoms with Crippen molar-refractivity contribution in [2.75, 3.05) is 18.5 Å². The van der Waals surface area contributed by atoms with E-state index in [1.807, 2.05) is 0 Å². The zero-order chi connectivity index (χ0) is 20.2. The summed E-state index contributed by atoms with van der Waals surface area (Å²) in [6.07, 6.45) is 4.91. The number of nitrogens with one attached hydrogen (secondary N) is 1. The molecule has 0 atom stereocenters. The number of ether oxygens (including phenoxy) is 1. The number of carboxylic acid groups (broad SMARTS) is 1. The highest BCUT2D eigenvalue weighted by atomic mass is 32.1. The van der Waals surface area contributed by atoms with Crippen molar-refractivity contribution in [1.82, 2.24) is 9.97 Å². The maximum atomic E-state index is 13.2. The van der Waals surface area contributed by atoms with Crippen LogP contribution < -0.4 is 5.32 Å². The Hall–Kier alpha value is -2.58. The molecule has 29 heavy (non-hydrogen) atoms. The smallest absolute Gasteiger partial charge is 0.329 e. The summed E-state index contributed by atoms with van der Waals surface area (Å²) in [5.41, 5.74) is 2.31. The quantitative estimate of drug-likeness (QED) is 0.542. The molecule has 0 radical (unpaired) electrons. The molecule has 2 heterocycles. The summed E-state index contributed by atoms with van der Waals surface area (Å²) >= 11 is 1.72. The molecule has 0 saturated carbocycles. The number of aromatic nitrogens is 2. The minimum atomic E-state index is -0.992. The van der Waals surface area contributed by atoms with Gasteiger partial charge in [-0.1, -0.05) is 12.1 Å². The van der Waals surface area contributed by atoms with Crippen molar-refractivity contribution in [3.05, 3.63) is 51.9 Å². The summed E-state index contributed by atoms with van der Waals surface area (Å²) in [5, 5.41) is 13.2. The van der Waals surface area contributed by atoms with E-state index >= 15 is 0 Å². The van der Waals surface area contributed by atoms with E-state index in [1.54, 1.807) is 23.5 Å². The first-order valence-corrected chi connectivity index (χ1v) is 10.5. The number of hydrogen-bond donors (Lipinski definition) is 2. The van der Waals surface area contributed by atoms with E-state index in [0.29, 0.717) is 18.8 Å². The average Bonchev–Trinajstić information content (AvgIpc) is 3.09. The number of carbonyl (C=O) groups is 1. The number of carboxylic acids is 1. The summed E-state index contributed by atoms with van der Waals surface area (Å²) in [7, 11) is 0. The van der Waals surface area contributed by atoms with Crippen LogP contribution in [0.15, 0.2) is 24.3 Å². The van der Waals surface area contributed by atoms with Crippen molar-refractivity contribution >= 4 is 33.3 Å². The van der Waals surface area contributed by atoms with Gasteiger partial charge in [-0.25, -0.2) is 19.2 Å². The molecule has 1 aliphatic rings. The van der Waals surface area contributed by atoms with Crippen molar-refractivity contribution < 1.29 is 19.0 Å². The molecule has 0 amide bonds. The topological polar surface area (TPSA) is 84.3 Å². The Labute approximate surface area is 171 Å². The van der Waals surface area contributed by atoms with E-state index < -0.39 is 5.97 Å². The van der Waals surface area contributed by atoms with Gasteiger partial charge >= 0.3 is 5.97 Å². The van der Waals surface area contributed by atoms with Gasteiger partial charge in [0.2, 0.25) is 0 Å². The van der Waals surface area contributed by atoms with E-state index in [4.69, 9.17) is 19.8 Å². The molecule has 0 fully saturated rings. The molecule has 0 aliphatic heterocycles. The van der Waals surface area contributed by atoms with E-state index in [9.17, 15) is 9.18 Å². The fourth-order valence-corrected chi connectivity index (χ4v) is 4.83. The largest absolute Gasteiger partial charge is 0.480 e. The fourth-order valence-electron chi connectivity index (χ4n) is 3.55. The maximum absolute atomic E-state index is 13.2. The van der Waals surface area contributed by atoms with Crippen LogP contribution in [0.5, 0.6) is 0 Å². The molecule has 2 N–H and O–H groups in total. The Balaban J connectivity index is 1.60. The summed E-state index contributed by atoms with van der Waals surface area (Å²) in [5.74, 6) is 0.165. The Kier molecular flexibility index (Phi) is 6.01. The molecule has 8 heteroatoms. The van der Waals surface area contributed by atoms with E-state index in [1.165, 1.54) is 35.4 Å². The number of hydrogen-bond acceptors (Lipinski definition) is 6. The number of anilines is 1. The predicted molar refractivity (Wildman–Crippen MR) is 110 cm³/mol. The number of aliphatic carboxylic acids is 1. The van der Waals surface area contributed by atoms with Crippen LogP contribution in [-0.2, 0) is 35.3 Å². The molecular weight excluding hydrogens is 393 g/mol. The van der Waals surface area contributed by atoms with Gasteiger partial charge in [0.25, 0.3) is 0 Å². The molecule has 2 aromatic heterocycles. The Morgan fingerprint density at radius 1 is 1.21 bits per heavy atom. The lowest BCUT2D eigenvalue weighted by Gasteiger charge is -2.13. The lowest BCUT2D eigenvalue weighted by atomic mass is 9.97. The van der Waals surface area contributed by atoms with Crippen molar-refractivity contribution in [2.45, 2.75) is 38.6 Å². The van der Waals surface area contributed by atoms with Gasteiger partial charge in [-0.05, 0) is 48.9 Å². The van der Waals surface area contributed by atoms with Crippen LogP contribution in [0.1, 0.15) is 34.7 Å². The molecule has 6 nitrogen and oxygen atoms in total. The van der Waals surface area contributed by atoms with Gasteiger partial charge in [-0.2, -0.15) is 0 Å². The highest BCUT2D eigenvalue weighted by Gasteiger charge is 2.21. The number of thiophene rings is 1. The molecule has 0 unspecified atom stereocenters. The van der Waals surface area contributed by atoms with Crippen LogP contribution in [0.2, 0.25) is 0 Å². The molecule has 0 spiro atoms. The molecule has 1 aliphatic carbocycles. The van der Waals surface area contributed by atoms with E-state index in [0.717, 1.165) is 34.4 Å². The number of benzene rings is 1. The predicted octanol–water partition coefficient (Wildman–Crippen LogP) is 3.97. The minimum absolute atomic E-state index is 0.250. The monoisotopic (exact) mass is 415 g/mol. The fraction of sp³-hybridized carbons (Fsp3) is 0.381. The van der Waals surface area contributed by atoms with Gasteiger partial charge in [0.1, 0.15) is 28.9 Å². The lowest BCUT2D eigenvalue weighted by molar-refractivity contribution is -0.142. The molecular formula is C21H22FN3O3S. The summed E-state index contributed by atoms with van der Waals surface area (Å²) in [6, 6.07) is 6.41. The van der Waals surface area contributed by atoms with Crippen LogP contribution >= 0.6 is 11.3 Å². The first-order valence-electron chi connectivity index (χ1n) is 9.69. The number of rotatable bonds is 8. The Morgan fingerprint density at radius 3 is 2.79 bits per heavy atom. The zero-order valence-electron chi connectivity index (χ0n) is 15.9. The van der Waals surface area contributed by atoms with Crippen LogP contribution in [0.3, 0.4) is 0 Å². The molecule has 152 valence electrons. The van der Waals surface area contributed by atoms with Gasteiger partial charge in [-0.15, -0.1) is 11.3 Å². The van der Waals surface area contributed by atoms with Crippen molar-refractivity contribution in [3.8, 4) is 0 Å². The molecule has 0 bridgehead atoms. The molecule has 1 aromatic carbocycles. The summed E-state index contributed by atoms with van der Waals surface area (Å²) in [6.45, 7) is 0.456.